The number of rotatable bonds is 9. The van der Waals surface area contributed by atoms with Gasteiger partial charge in [-0.2, -0.15) is 4.98 Å². The number of nitrogens with zero attached hydrogens (tertiary/aromatic N) is 2. The minimum absolute atomic E-state index is 0.305. The summed E-state index contributed by atoms with van der Waals surface area (Å²) in [5.41, 5.74) is 0. The summed E-state index contributed by atoms with van der Waals surface area (Å²) in [6.07, 6.45) is 0.733. The molecule has 6 nitrogen and oxygen atoms in total. The number of para-hydroxylation sites is 1. The van der Waals surface area contributed by atoms with Gasteiger partial charge < -0.3 is 19.3 Å². The number of hydrogen-bond acceptors (Lipinski definition) is 6. The highest BCUT2D eigenvalue weighted by Crippen LogP contribution is 2.08. The number of ether oxygens (including phenoxy) is 2. The van der Waals surface area contributed by atoms with Gasteiger partial charge in [-0.25, -0.2) is 0 Å². The summed E-state index contributed by atoms with van der Waals surface area (Å²) < 4.78 is 16.1. The minimum atomic E-state index is 0.305. The van der Waals surface area contributed by atoms with Gasteiger partial charge in [-0.05, 0) is 26.1 Å². The van der Waals surface area contributed by atoms with Crippen LogP contribution in [0.4, 0.5) is 0 Å². The molecule has 1 atom stereocenters. The van der Waals surface area contributed by atoms with Crippen molar-refractivity contribution in [3.05, 3.63) is 42.0 Å². The molecule has 2 rings (SSSR count). The van der Waals surface area contributed by atoms with E-state index in [1.165, 1.54) is 0 Å². The van der Waals surface area contributed by atoms with Gasteiger partial charge in [0.25, 0.3) is 5.89 Å². The Bertz CT molecular complexity index is 516. The van der Waals surface area contributed by atoms with Gasteiger partial charge in [0.1, 0.15) is 19.0 Å². The monoisotopic (exact) mass is 291 g/mol. The third kappa shape index (κ3) is 5.53. The maximum Gasteiger partial charge on any atom is 0.252 e. The molecule has 0 aliphatic rings. The summed E-state index contributed by atoms with van der Waals surface area (Å²) in [5.74, 6) is 2.02. The second-order valence-corrected chi connectivity index (χ2v) is 4.71. The molecule has 0 saturated heterocycles. The zero-order valence-corrected chi connectivity index (χ0v) is 12.4. The first-order valence-electron chi connectivity index (χ1n) is 7.02. The fourth-order valence-electron chi connectivity index (χ4n) is 1.70. The van der Waals surface area contributed by atoms with Crippen LogP contribution >= 0.6 is 0 Å². The van der Waals surface area contributed by atoms with Crippen molar-refractivity contribution in [1.82, 2.24) is 15.5 Å². The molecule has 21 heavy (non-hydrogen) atoms. The highest BCUT2D eigenvalue weighted by Gasteiger charge is 2.09. The van der Waals surface area contributed by atoms with Crippen molar-refractivity contribution in [2.45, 2.75) is 26.0 Å². The predicted molar refractivity (Wildman–Crippen MR) is 78.1 cm³/mol. The lowest BCUT2D eigenvalue weighted by molar-refractivity contribution is 0.0720. The zero-order chi connectivity index (χ0) is 14.9. The number of nitrogens with one attached hydrogen (secondary N) is 1. The molecule has 0 saturated carbocycles. The van der Waals surface area contributed by atoms with Crippen LogP contribution in [0.2, 0.25) is 0 Å². The average molecular weight is 291 g/mol. The number of likely N-dealkylation sites (N-methyl/N-ethyl adjacent to an activating group) is 1. The summed E-state index contributed by atoms with van der Waals surface area (Å²) in [5, 5.41) is 7.04. The molecule has 6 heteroatoms. The normalized spacial score (nSPS) is 12.3. The molecule has 1 heterocycles. The first-order valence-corrected chi connectivity index (χ1v) is 7.02. The maximum atomic E-state index is 5.52. The van der Waals surface area contributed by atoms with Crippen LogP contribution in [0.1, 0.15) is 18.6 Å². The van der Waals surface area contributed by atoms with E-state index >= 15 is 0 Å². The van der Waals surface area contributed by atoms with Crippen molar-refractivity contribution < 1.29 is 14.0 Å². The van der Waals surface area contributed by atoms with Crippen LogP contribution in [0.3, 0.4) is 0 Å². The van der Waals surface area contributed by atoms with Crippen LogP contribution in [0, 0.1) is 0 Å². The summed E-state index contributed by atoms with van der Waals surface area (Å²) in [6, 6.07) is 9.95. The molecule has 1 aromatic heterocycles. The Morgan fingerprint density at radius 3 is 2.81 bits per heavy atom. The first-order chi connectivity index (χ1) is 10.3. The van der Waals surface area contributed by atoms with Crippen molar-refractivity contribution in [1.29, 1.82) is 0 Å². The van der Waals surface area contributed by atoms with Crippen molar-refractivity contribution in [2.24, 2.45) is 0 Å². The Hall–Kier alpha value is -1.92. The molecule has 1 aromatic carbocycles. The van der Waals surface area contributed by atoms with E-state index in [-0.39, 0.29) is 0 Å². The molecule has 0 aliphatic carbocycles. The Morgan fingerprint density at radius 2 is 2.05 bits per heavy atom. The summed E-state index contributed by atoms with van der Waals surface area (Å²) in [7, 11) is 1.90. The quantitative estimate of drug-likeness (QED) is 0.711. The fraction of sp³-hybridized carbons (Fsp3) is 0.467. The summed E-state index contributed by atoms with van der Waals surface area (Å²) in [6.45, 7) is 3.33. The molecule has 1 unspecified atom stereocenters. The first kappa shape index (κ1) is 15.5. The third-order valence-corrected chi connectivity index (χ3v) is 2.96. The number of aromatic nitrogens is 2. The van der Waals surface area contributed by atoms with Crippen molar-refractivity contribution in [2.75, 3.05) is 20.3 Å². The van der Waals surface area contributed by atoms with Crippen LogP contribution in [0.15, 0.2) is 34.9 Å². The van der Waals surface area contributed by atoms with E-state index in [1.807, 2.05) is 37.4 Å². The average Bonchev–Trinajstić information content (AvgIpc) is 2.95. The van der Waals surface area contributed by atoms with E-state index in [4.69, 9.17) is 14.0 Å². The fourth-order valence-corrected chi connectivity index (χ4v) is 1.70. The molecule has 2 aromatic rings. The van der Waals surface area contributed by atoms with E-state index in [9.17, 15) is 0 Å². The van der Waals surface area contributed by atoms with Crippen molar-refractivity contribution >= 4 is 0 Å². The second-order valence-electron chi connectivity index (χ2n) is 4.71. The molecule has 0 bridgehead atoms. The zero-order valence-electron chi connectivity index (χ0n) is 12.4. The number of benzene rings is 1. The molecule has 114 valence electrons. The molecule has 0 aliphatic heterocycles. The van der Waals surface area contributed by atoms with Crippen LogP contribution in [-0.4, -0.2) is 36.4 Å². The molecule has 0 radical (unpaired) electrons. The van der Waals surface area contributed by atoms with Crippen LogP contribution in [0.25, 0.3) is 0 Å². The lowest BCUT2D eigenvalue weighted by atomic mass is 10.2. The summed E-state index contributed by atoms with van der Waals surface area (Å²) in [4.78, 5) is 4.27. The molecule has 0 spiro atoms. The van der Waals surface area contributed by atoms with Crippen LogP contribution in [0.5, 0.6) is 5.75 Å². The van der Waals surface area contributed by atoms with E-state index < -0.39 is 0 Å². The van der Waals surface area contributed by atoms with E-state index in [1.54, 1.807) is 0 Å². The second kappa shape index (κ2) is 8.39. The predicted octanol–water partition coefficient (Wildman–Crippen LogP) is 1.82. The Kier molecular flexibility index (Phi) is 6.18. The Balaban J connectivity index is 1.62. The third-order valence-electron chi connectivity index (χ3n) is 2.96. The molecule has 0 amide bonds. The van der Waals surface area contributed by atoms with Crippen molar-refractivity contribution in [3.8, 4) is 5.75 Å². The highest BCUT2D eigenvalue weighted by atomic mass is 16.5. The van der Waals surface area contributed by atoms with Gasteiger partial charge >= 0.3 is 0 Å². The molecular formula is C15H21N3O3. The van der Waals surface area contributed by atoms with Gasteiger partial charge in [0.15, 0.2) is 5.82 Å². The standard InChI is InChI=1S/C15H21N3O3/c1-12(16-2)10-14-17-15(21-18-14)11-19-8-9-20-13-6-4-3-5-7-13/h3-7,12,16H,8-11H2,1-2H3. The van der Waals surface area contributed by atoms with Gasteiger partial charge in [0.05, 0.1) is 6.61 Å². The largest absolute Gasteiger partial charge is 0.491 e. The molecule has 0 fully saturated rings. The van der Waals surface area contributed by atoms with Gasteiger partial charge in [0.2, 0.25) is 0 Å². The topological polar surface area (TPSA) is 69.4 Å². The minimum Gasteiger partial charge on any atom is -0.491 e. The SMILES string of the molecule is CNC(C)Cc1noc(COCCOc2ccccc2)n1. The van der Waals surface area contributed by atoms with E-state index in [0.29, 0.717) is 37.6 Å². The highest BCUT2D eigenvalue weighted by molar-refractivity contribution is 5.20. The number of hydrogen-bond donors (Lipinski definition) is 1. The lowest BCUT2D eigenvalue weighted by Gasteiger charge is -2.05. The van der Waals surface area contributed by atoms with Gasteiger partial charge in [0, 0.05) is 12.5 Å². The van der Waals surface area contributed by atoms with Crippen molar-refractivity contribution in [3.63, 3.8) is 0 Å². The van der Waals surface area contributed by atoms with Gasteiger partial charge in [-0.3, -0.25) is 0 Å². The van der Waals surface area contributed by atoms with Gasteiger partial charge in [-0.1, -0.05) is 23.4 Å². The lowest BCUT2D eigenvalue weighted by Crippen LogP contribution is -2.24. The maximum absolute atomic E-state index is 5.52. The Morgan fingerprint density at radius 1 is 1.24 bits per heavy atom. The van der Waals surface area contributed by atoms with Gasteiger partial charge in [-0.15, -0.1) is 0 Å². The molecule has 1 N–H and O–H groups in total. The smallest absolute Gasteiger partial charge is 0.252 e. The summed E-state index contributed by atoms with van der Waals surface area (Å²) >= 11 is 0. The Labute approximate surface area is 124 Å². The van der Waals surface area contributed by atoms with Crippen LogP contribution < -0.4 is 10.1 Å². The molecular weight excluding hydrogens is 270 g/mol. The van der Waals surface area contributed by atoms with E-state index in [0.717, 1.165) is 12.2 Å². The van der Waals surface area contributed by atoms with E-state index in [2.05, 4.69) is 22.4 Å². The van der Waals surface area contributed by atoms with Crippen LogP contribution in [-0.2, 0) is 17.8 Å².